The molecule has 1 fully saturated rings. The molecule has 0 radical (unpaired) electrons. The molecule has 1 unspecified atom stereocenters. The molecule has 0 heterocycles. The number of ether oxygens (including phenoxy) is 1. The van der Waals surface area contributed by atoms with Crippen LogP contribution in [-0.4, -0.2) is 19.2 Å². The van der Waals surface area contributed by atoms with Crippen LogP contribution in [0.5, 0.6) is 0 Å². The van der Waals surface area contributed by atoms with Gasteiger partial charge in [-0.2, -0.15) is 0 Å². The maximum atomic E-state index is 14.0. The second-order valence-corrected chi connectivity index (χ2v) is 5.84. The molecule has 1 atom stereocenters. The van der Waals surface area contributed by atoms with Gasteiger partial charge in [-0.05, 0) is 44.2 Å². The molecule has 1 saturated carbocycles. The first-order valence-electron chi connectivity index (χ1n) is 7.81. The van der Waals surface area contributed by atoms with Gasteiger partial charge in [0.15, 0.2) is 0 Å². The summed E-state index contributed by atoms with van der Waals surface area (Å²) in [6.07, 6.45) is 4.71. The number of halogens is 1. The highest BCUT2D eigenvalue weighted by molar-refractivity contribution is 5.20. The van der Waals surface area contributed by atoms with Gasteiger partial charge in [-0.15, -0.1) is 0 Å². The SMILES string of the molecule is CCNCC(OC1CCC(C)CC1)c1ccccc1F. The second kappa shape index (κ2) is 7.75. The van der Waals surface area contributed by atoms with Crippen molar-refractivity contribution >= 4 is 0 Å². The minimum absolute atomic E-state index is 0.167. The Labute approximate surface area is 121 Å². The number of rotatable bonds is 6. The molecule has 0 aliphatic heterocycles. The van der Waals surface area contributed by atoms with Gasteiger partial charge in [-0.25, -0.2) is 4.39 Å². The third-order valence-electron chi connectivity index (χ3n) is 4.15. The summed E-state index contributed by atoms with van der Waals surface area (Å²) in [6, 6.07) is 6.96. The number of hydrogen-bond donors (Lipinski definition) is 1. The number of nitrogens with one attached hydrogen (secondary N) is 1. The minimum atomic E-state index is -0.186. The summed E-state index contributed by atoms with van der Waals surface area (Å²) in [5.74, 6) is 0.634. The fourth-order valence-corrected chi connectivity index (χ4v) is 2.84. The van der Waals surface area contributed by atoms with Crippen molar-refractivity contribution in [3.63, 3.8) is 0 Å². The van der Waals surface area contributed by atoms with E-state index in [9.17, 15) is 4.39 Å². The second-order valence-electron chi connectivity index (χ2n) is 5.84. The smallest absolute Gasteiger partial charge is 0.129 e. The molecule has 1 aromatic rings. The highest BCUT2D eigenvalue weighted by Crippen LogP contribution is 2.30. The molecule has 0 amide bonds. The Morgan fingerprint density at radius 3 is 2.60 bits per heavy atom. The molecule has 20 heavy (non-hydrogen) atoms. The number of hydrogen-bond acceptors (Lipinski definition) is 2. The summed E-state index contributed by atoms with van der Waals surface area (Å²) in [5.41, 5.74) is 0.673. The van der Waals surface area contributed by atoms with Crippen molar-refractivity contribution in [2.75, 3.05) is 13.1 Å². The highest BCUT2D eigenvalue weighted by atomic mass is 19.1. The maximum absolute atomic E-state index is 14.0. The average Bonchev–Trinajstić information content (AvgIpc) is 2.46. The minimum Gasteiger partial charge on any atom is -0.369 e. The van der Waals surface area contributed by atoms with Crippen molar-refractivity contribution < 1.29 is 9.13 Å². The van der Waals surface area contributed by atoms with Crippen LogP contribution in [0.15, 0.2) is 24.3 Å². The molecule has 112 valence electrons. The van der Waals surface area contributed by atoms with E-state index in [2.05, 4.69) is 19.2 Å². The van der Waals surface area contributed by atoms with E-state index in [1.807, 2.05) is 12.1 Å². The van der Waals surface area contributed by atoms with E-state index in [-0.39, 0.29) is 18.0 Å². The summed E-state index contributed by atoms with van der Waals surface area (Å²) in [4.78, 5) is 0. The molecule has 1 aliphatic carbocycles. The van der Waals surface area contributed by atoms with E-state index in [1.165, 1.54) is 18.9 Å². The number of likely N-dealkylation sites (N-methyl/N-ethyl adjacent to an activating group) is 1. The van der Waals surface area contributed by atoms with Gasteiger partial charge < -0.3 is 10.1 Å². The number of benzene rings is 1. The average molecular weight is 279 g/mol. The van der Waals surface area contributed by atoms with Crippen LogP contribution in [0.1, 0.15) is 51.2 Å². The zero-order valence-electron chi connectivity index (χ0n) is 12.6. The van der Waals surface area contributed by atoms with Crippen molar-refractivity contribution in [3.8, 4) is 0 Å². The van der Waals surface area contributed by atoms with Gasteiger partial charge in [0.1, 0.15) is 5.82 Å². The lowest BCUT2D eigenvalue weighted by atomic mass is 9.89. The largest absolute Gasteiger partial charge is 0.369 e. The maximum Gasteiger partial charge on any atom is 0.129 e. The standard InChI is InChI=1S/C17H26FNO/c1-3-19-12-17(15-6-4-5-7-16(15)18)20-14-10-8-13(2)9-11-14/h4-7,13-14,17,19H,3,8-12H2,1-2H3. The van der Waals surface area contributed by atoms with Crippen molar-refractivity contribution in [2.24, 2.45) is 5.92 Å². The van der Waals surface area contributed by atoms with Crippen molar-refractivity contribution in [1.29, 1.82) is 0 Å². The van der Waals surface area contributed by atoms with Crippen LogP contribution in [0.2, 0.25) is 0 Å². The Morgan fingerprint density at radius 2 is 1.95 bits per heavy atom. The van der Waals surface area contributed by atoms with E-state index in [0.29, 0.717) is 12.1 Å². The van der Waals surface area contributed by atoms with E-state index < -0.39 is 0 Å². The molecule has 0 spiro atoms. The first-order chi connectivity index (χ1) is 9.70. The first kappa shape index (κ1) is 15.5. The van der Waals surface area contributed by atoms with Gasteiger partial charge in [0.05, 0.1) is 12.2 Å². The van der Waals surface area contributed by atoms with Gasteiger partial charge in [-0.1, -0.05) is 32.0 Å². The van der Waals surface area contributed by atoms with Crippen LogP contribution in [0.3, 0.4) is 0 Å². The fraction of sp³-hybridized carbons (Fsp3) is 0.647. The van der Waals surface area contributed by atoms with Gasteiger partial charge in [-0.3, -0.25) is 0 Å². The van der Waals surface area contributed by atoms with Crippen molar-refractivity contribution in [1.82, 2.24) is 5.32 Å². The molecule has 1 aromatic carbocycles. The molecule has 1 N–H and O–H groups in total. The normalized spacial score (nSPS) is 24.6. The summed E-state index contributed by atoms with van der Waals surface area (Å²) < 4.78 is 20.2. The van der Waals surface area contributed by atoms with E-state index in [4.69, 9.17) is 4.74 Å². The molecule has 0 bridgehead atoms. The molecule has 1 aliphatic rings. The van der Waals surface area contributed by atoms with Gasteiger partial charge in [0.25, 0.3) is 0 Å². The monoisotopic (exact) mass is 279 g/mol. The third-order valence-corrected chi connectivity index (χ3v) is 4.15. The Morgan fingerprint density at radius 1 is 1.25 bits per heavy atom. The summed E-state index contributed by atoms with van der Waals surface area (Å²) in [7, 11) is 0. The van der Waals surface area contributed by atoms with Crippen LogP contribution < -0.4 is 5.32 Å². The molecule has 2 nitrogen and oxygen atoms in total. The lowest BCUT2D eigenvalue weighted by molar-refractivity contribution is -0.0374. The molecular weight excluding hydrogens is 253 g/mol. The third kappa shape index (κ3) is 4.29. The highest BCUT2D eigenvalue weighted by Gasteiger charge is 2.24. The molecule has 3 heteroatoms. The van der Waals surface area contributed by atoms with Crippen LogP contribution >= 0.6 is 0 Å². The van der Waals surface area contributed by atoms with Gasteiger partial charge in [0, 0.05) is 12.1 Å². The quantitative estimate of drug-likeness (QED) is 0.847. The van der Waals surface area contributed by atoms with E-state index in [1.54, 1.807) is 6.07 Å². The van der Waals surface area contributed by atoms with E-state index >= 15 is 0 Å². The molecule has 0 aromatic heterocycles. The van der Waals surface area contributed by atoms with Gasteiger partial charge >= 0.3 is 0 Å². The Hall–Kier alpha value is -0.930. The van der Waals surface area contributed by atoms with Crippen molar-refractivity contribution in [2.45, 2.75) is 51.7 Å². The topological polar surface area (TPSA) is 21.3 Å². The van der Waals surface area contributed by atoms with Crippen molar-refractivity contribution in [3.05, 3.63) is 35.6 Å². The summed E-state index contributed by atoms with van der Waals surface area (Å²) in [5, 5.41) is 3.28. The Bertz CT molecular complexity index is 402. The lowest BCUT2D eigenvalue weighted by Crippen LogP contribution is -2.29. The predicted molar refractivity (Wildman–Crippen MR) is 80.2 cm³/mol. The van der Waals surface area contributed by atoms with Crippen LogP contribution in [0.4, 0.5) is 4.39 Å². The lowest BCUT2D eigenvalue weighted by Gasteiger charge is -2.30. The molecular formula is C17H26FNO. The van der Waals surface area contributed by atoms with Gasteiger partial charge in [0.2, 0.25) is 0 Å². The van der Waals surface area contributed by atoms with E-state index in [0.717, 1.165) is 25.3 Å². The van der Waals surface area contributed by atoms with Crippen LogP contribution in [0, 0.1) is 11.7 Å². The molecule has 0 saturated heterocycles. The van der Waals surface area contributed by atoms with Crippen LogP contribution in [0.25, 0.3) is 0 Å². The predicted octanol–water partition coefficient (Wildman–Crippen LogP) is 4.07. The first-order valence-corrected chi connectivity index (χ1v) is 7.81. The Kier molecular flexibility index (Phi) is 5.99. The Balaban J connectivity index is 2.02. The molecule has 2 rings (SSSR count). The fourth-order valence-electron chi connectivity index (χ4n) is 2.84. The summed E-state index contributed by atoms with van der Waals surface area (Å²) >= 11 is 0. The zero-order chi connectivity index (χ0) is 14.4. The zero-order valence-corrected chi connectivity index (χ0v) is 12.6. The summed E-state index contributed by atoms with van der Waals surface area (Å²) in [6.45, 7) is 5.89. The van der Waals surface area contributed by atoms with Crippen LogP contribution in [-0.2, 0) is 4.74 Å².